The van der Waals surface area contributed by atoms with Crippen LogP contribution in [0.4, 0.5) is 0 Å². The quantitative estimate of drug-likeness (QED) is 0.556. The predicted octanol–water partition coefficient (Wildman–Crippen LogP) is 0.899. The van der Waals surface area contributed by atoms with Gasteiger partial charge in [0.25, 0.3) is 0 Å². The summed E-state index contributed by atoms with van der Waals surface area (Å²) >= 11 is 0. The highest BCUT2D eigenvalue weighted by atomic mass is 16.5. The number of carboxylic acids is 1. The largest absolute Gasteiger partial charge is 0.479 e. The average molecular weight is 253 g/mol. The van der Waals surface area contributed by atoms with E-state index in [4.69, 9.17) is 14.3 Å². The molecule has 0 aliphatic rings. The Labute approximate surface area is 104 Å². The van der Waals surface area contributed by atoms with Crippen molar-refractivity contribution in [3.63, 3.8) is 0 Å². The summed E-state index contributed by atoms with van der Waals surface area (Å²) in [5, 5.41) is 11.1. The zero-order chi connectivity index (χ0) is 13.4. The van der Waals surface area contributed by atoms with E-state index in [1.54, 1.807) is 12.1 Å². The molecule has 0 saturated carbocycles. The first kappa shape index (κ1) is 14.0. The number of hydrogen-bond acceptors (Lipinski definition) is 4. The predicted molar refractivity (Wildman–Crippen MR) is 63.8 cm³/mol. The number of carbonyl (C=O) groups is 2. The van der Waals surface area contributed by atoms with E-state index < -0.39 is 12.1 Å². The van der Waals surface area contributed by atoms with Crippen LogP contribution in [-0.4, -0.2) is 36.2 Å². The summed E-state index contributed by atoms with van der Waals surface area (Å²) in [7, 11) is 0. The fraction of sp³-hybridized carbons (Fsp3) is 0.333. The van der Waals surface area contributed by atoms with E-state index in [2.05, 4.69) is 5.32 Å². The normalized spacial score (nSPS) is 12.5. The number of carbonyl (C=O) groups excluding carboxylic acids is 1. The molecule has 0 radical (unpaired) electrons. The number of aliphatic carboxylic acids is 1. The molecule has 1 aromatic rings. The summed E-state index contributed by atoms with van der Waals surface area (Å²) in [4.78, 5) is 21.7. The van der Waals surface area contributed by atoms with Gasteiger partial charge in [-0.3, -0.25) is 4.79 Å². The Hall–Kier alpha value is -2.08. The molecule has 0 saturated heterocycles. The first-order chi connectivity index (χ1) is 8.59. The molecule has 0 aliphatic heterocycles. The lowest BCUT2D eigenvalue weighted by molar-refractivity contribution is -0.148. The average Bonchev–Trinajstić information content (AvgIpc) is 2.84. The molecular formula is C12H15NO5. The second-order valence-electron chi connectivity index (χ2n) is 3.49. The van der Waals surface area contributed by atoms with Crippen molar-refractivity contribution < 1.29 is 23.8 Å². The molecule has 0 aliphatic carbocycles. The molecule has 0 aromatic carbocycles. The fourth-order valence-corrected chi connectivity index (χ4v) is 1.08. The molecule has 2 N–H and O–H groups in total. The van der Waals surface area contributed by atoms with Gasteiger partial charge in [-0.05, 0) is 25.1 Å². The van der Waals surface area contributed by atoms with Crippen LogP contribution in [0.1, 0.15) is 12.7 Å². The molecule has 0 fully saturated rings. The van der Waals surface area contributed by atoms with Crippen LogP contribution in [0.15, 0.2) is 28.9 Å². The van der Waals surface area contributed by atoms with Gasteiger partial charge in [-0.25, -0.2) is 4.79 Å². The van der Waals surface area contributed by atoms with Crippen molar-refractivity contribution in [1.29, 1.82) is 0 Å². The maximum absolute atomic E-state index is 11.3. The first-order valence-electron chi connectivity index (χ1n) is 5.43. The van der Waals surface area contributed by atoms with Crippen molar-refractivity contribution in [1.82, 2.24) is 5.32 Å². The molecule has 6 nitrogen and oxygen atoms in total. The van der Waals surface area contributed by atoms with Crippen LogP contribution >= 0.6 is 0 Å². The third kappa shape index (κ3) is 5.31. The molecule has 18 heavy (non-hydrogen) atoms. The van der Waals surface area contributed by atoms with Crippen molar-refractivity contribution in [3.8, 4) is 0 Å². The number of carboxylic acid groups (broad SMARTS) is 1. The number of amides is 1. The van der Waals surface area contributed by atoms with Gasteiger partial charge in [0.05, 0.1) is 12.9 Å². The summed E-state index contributed by atoms with van der Waals surface area (Å²) in [5.74, 6) is -0.738. The van der Waals surface area contributed by atoms with E-state index in [-0.39, 0.29) is 19.1 Å². The van der Waals surface area contributed by atoms with E-state index in [1.165, 1.54) is 25.3 Å². The third-order valence-electron chi connectivity index (χ3n) is 2.06. The molecule has 1 rings (SSSR count). The van der Waals surface area contributed by atoms with Crippen molar-refractivity contribution in [2.45, 2.75) is 13.0 Å². The van der Waals surface area contributed by atoms with Gasteiger partial charge in [0.15, 0.2) is 6.10 Å². The number of ether oxygens (including phenoxy) is 1. The van der Waals surface area contributed by atoms with Crippen LogP contribution in [0.2, 0.25) is 0 Å². The molecule has 98 valence electrons. The van der Waals surface area contributed by atoms with Crippen LogP contribution in [0.3, 0.4) is 0 Å². The highest BCUT2D eigenvalue weighted by Crippen LogP contribution is 2.01. The highest BCUT2D eigenvalue weighted by molar-refractivity contribution is 5.91. The third-order valence-corrected chi connectivity index (χ3v) is 2.06. The lowest BCUT2D eigenvalue weighted by atomic mass is 10.4. The van der Waals surface area contributed by atoms with Gasteiger partial charge in [-0.2, -0.15) is 0 Å². The summed E-state index contributed by atoms with van der Waals surface area (Å²) in [6.07, 6.45) is 3.51. The Morgan fingerprint density at radius 3 is 3.00 bits per heavy atom. The minimum atomic E-state index is -1.03. The monoisotopic (exact) mass is 253 g/mol. The van der Waals surface area contributed by atoms with E-state index in [0.29, 0.717) is 5.76 Å². The first-order valence-corrected chi connectivity index (χ1v) is 5.43. The smallest absolute Gasteiger partial charge is 0.332 e. The van der Waals surface area contributed by atoms with Crippen LogP contribution in [0.5, 0.6) is 0 Å². The van der Waals surface area contributed by atoms with Crippen LogP contribution < -0.4 is 5.32 Å². The maximum Gasteiger partial charge on any atom is 0.332 e. The SMILES string of the molecule is CC(OCCNC(=O)/C=C/c1ccco1)C(=O)O. The second-order valence-corrected chi connectivity index (χ2v) is 3.49. The van der Waals surface area contributed by atoms with Gasteiger partial charge in [0.1, 0.15) is 5.76 Å². The van der Waals surface area contributed by atoms with E-state index in [1.807, 2.05) is 0 Å². The molecule has 1 heterocycles. The van der Waals surface area contributed by atoms with Gasteiger partial charge in [-0.1, -0.05) is 0 Å². The van der Waals surface area contributed by atoms with Gasteiger partial charge in [0, 0.05) is 12.6 Å². The molecule has 6 heteroatoms. The molecular weight excluding hydrogens is 238 g/mol. The second kappa shape index (κ2) is 7.29. The van der Waals surface area contributed by atoms with Gasteiger partial charge in [0.2, 0.25) is 5.91 Å². The zero-order valence-corrected chi connectivity index (χ0v) is 9.96. The van der Waals surface area contributed by atoms with E-state index >= 15 is 0 Å². The standard InChI is InChI=1S/C12H15NO5/c1-9(12(15)16)17-8-6-13-11(14)5-4-10-3-2-7-18-10/h2-5,7,9H,6,8H2,1H3,(H,13,14)(H,15,16)/b5-4+. The van der Waals surface area contributed by atoms with Crippen molar-refractivity contribution in [2.24, 2.45) is 0 Å². The summed E-state index contributed by atoms with van der Waals surface area (Å²) in [6.45, 7) is 1.83. The summed E-state index contributed by atoms with van der Waals surface area (Å²) in [5.41, 5.74) is 0. The van der Waals surface area contributed by atoms with Gasteiger partial charge < -0.3 is 19.6 Å². The Balaban J connectivity index is 2.16. The van der Waals surface area contributed by atoms with Gasteiger partial charge in [-0.15, -0.1) is 0 Å². The minimum Gasteiger partial charge on any atom is -0.479 e. The molecule has 1 aromatic heterocycles. The molecule has 0 bridgehead atoms. The minimum absolute atomic E-state index is 0.147. The highest BCUT2D eigenvalue weighted by Gasteiger charge is 2.09. The Kier molecular flexibility index (Phi) is 5.66. The summed E-state index contributed by atoms with van der Waals surface area (Å²) < 4.78 is 9.96. The zero-order valence-electron chi connectivity index (χ0n) is 9.96. The van der Waals surface area contributed by atoms with Crippen LogP contribution in [-0.2, 0) is 14.3 Å². The number of furan rings is 1. The molecule has 1 amide bonds. The Bertz CT molecular complexity index is 410. The molecule has 1 atom stereocenters. The Morgan fingerprint density at radius 1 is 1.61 bits per heavy atom. The topological polar surface area (TPSA) is 88.8 Å². The van der Waals surface area contributed by atoms with Gasteiger partial charge >= 0.3 is 5.97 Å². The maximum atomic E-state index is 11.3. The number of hydrogen-bond donors (Lipinski definition) is 2. The van der Waals surface area contributed by atoms with E-state index in [0.717, 1.165) is 0 Å². The van der Waals surface area contributed by atoms with Crippen LogP contribution in [0.25, 0.3) is 6.08 Å². The van der Waals surface area contributed by atoms with Crippen molar-refractivity contribution in [3.05, 3.63) is 30.2 Å². The number of rotatable bonds is 7. The van der Waals surface area contributed by atoms with Crippen molar-refractivity contribution >= 4 is 18.0 Å². The fourth-order valence-electron chi connectivity index (χ4n) is 1.08. The van der Waals surface area contributed by atoms with E-state index in [9.17, 15) is 9.59 Å². The summed E-state index contributed by atoms with van der Waals surface area (Å²) in [6, 6.07) is 3.44. The lowest BCUT2D eigenvalue weighted by Gasteiger charge is -2.08. The molecule has 1 unspecified atom stereocenters. The lowest BCUT2D eigenvalue weighted by Crippen LogP contribution is -2.29. The van der Waals surface area contributed by atoms with Crippen LogP contribution in [0, 0.1) is 0 Å². The molecule has 0 spiro atoms. The number of nitrogens with one attached hydrogen (secondary N) is 1. The van der Waals surface area contributed by atoms with Crippen molar-refractivity contribution in [2.75, 3.05) is 13.2 Å². The Morgan fingerprint density at radius 2 is 2.39 bits per heavy atom.